The molecular formula is C20H21N5O4S. The standard InChI is InChI=1S/C20H21N5O4S/c26-16(7-10-25-15-6-2-1-5-14(15)18(28)23-20(25)29)24-9-3-4-13(12-24)17(27)22-19-21-8-11-30-19/h1-2,5-6,8,11,13H,3-4,7,9-10,12H2,(H,21,22,27)(H,23,28,29). The zero-order valence-electron chi connectivity index (χ0n) is 16.2. The van der Waals surface area contributed by atoms with Gasteiger partial charge < -0.3 is 10.2 Å². The minimum Gasteiger partial charge on any atom is -0.342 e. The topological polar surface area (TPSA) is 117 Å². The van der Waals surface area contributed by atoms with Crippen molar-refractivity contribution in [2.75, 3.05) is 18.4 Å². The van der Waals surface area contributed by atoms with Crippen molar-refractivity contribution in [1.29, 1.82) is 0 Å². The number of anilines is 1. The van der Waals surface area contributed by atoms with Crippen molar-refractivity contribution in [1.82, 2.24) is 19.4 Å². The maximum absolute atomic E-state index is 12.8. The molecule has 30 heavy (non-hydrogen) atoms. The molecule has 1 aliphatic heterocycles. The quantitative estimate of drug-likeness (QED) is 0.639. The van der Waals surface area contributed by atoms with Gasteiger partial charge in [0.05, 0.1) is 16.8 Å². The molecule has 1 aromatic carbocycles. The van der Waals surface area contributed by atoms with Gasteiger partial charge in [-0.2, -0.15) is 0 Å². The number of nitrogens with one attached hydrogen (secondary N) is 2. The Morgan fingerprint density at radius 1 is 1.27 bits per heavy atom. The third-order valence-electron chi connectivity index (χ3n) is 5.26. The molecule has 4 rings (SSSR count). The highest BCUT2D eigenvalue weighted by Gasteiger charge is 2.28. The first-order valence-corrected chi connectivity index (χ1v) is 10.6. The summed E-state index contributed by atoms with van der Waals surface area (Å²) in [5, 5.41) is 5.53. The number of nitrogens with zero attached hydrogens (tertiary/aromatic N) is 3. The van der Waals surface area contributed by atoms with Crippen molar-refractivity contribution >= 4 is 39.2 Å². The summed E-state index contributed by atoms with van der Waals surface area (Å²) in [6, 6.07) is 6.80. The van der Waals surface area contributed by atoms with Crippen LogP contribution in [0, 0.1) is 5.92 Å². The van der Waals surface area contributed by atoms with Crippen LogP contribution in [-0.2, 0) is 16.1 Å². The fourth-order valence-electron chi connectivity index (χ4n) is 3.74. The van der Waals surface area contributed by atoms with Gasteiger partial charge in [0, 0.05) is 37.6 Å². The summed E-state index contributed by atoms with van der Waals surface area (Å²) in [7, 11) is 0. The van der Waals surface area contributed by atoms with Crippen LogP contribution in [0.3, 0.4) is 0 Å². The molecule has 9 nitrogen and oxygen atoms in total. The smallest absolute Gasteiger partial charge is 0.328 e. The van der Waals surface area contributed by atoms with Gasteiger partial charge in [-0.25, -0.2) is 9.78 Å². The Bertz CT molecular complexity index is 1180. The molecule has 1 fully saturated rings. The molecule has 0 spiro atoms. The Morgan fingerprint density at radius 3 is 2.90 bits per heavy atom. The van der Waals surface area contributed by atoms with Gasteiger partial charge in [-0.05, 0) is 25.0 Å². The van der Waals surface area contributed by atoms with Crippen molar-refractivity contribution in [2.45, 2.75) is 25.8 Å². The Labute approximate surface area is 175 Å². The molecule has 0 aliphatic carbocycles. The Kier molecular flexibility index (Phi) is 5.75. The molecule has 0 radical (unpaired) electrons. The summed E-state index contributed by atoms with van der Waals surface area (Å²) in [5.74, 6) is -0.544. The number of hydrogen-bond acceptors (Lipinski definition) is 6. The minimum atomic E-state index is -0.536. The average Bonchev–Trinajstić information content (AvgIpc) is 3.26. The van der Waals surface area contributed by atoms with Crippen LogP contribution in [0.5, 0.6) is 0 Å². The van der Waals surface area contributed by atoms with Crippen LogP contribution < -0.4 is 16.6 Å². The zero-order chi connectivity index (χ0) is 21.1. The van der Waals surface area contributed by atoms with Crippen LogP contribution in [-0.4, -0.2) is 44.3 Å². The molecule has 3 aromatic rings. The fraction of sp³-hybridized carbons (Fsp3) is 0.350. The molecule has 10 heteroatoms. The van der Waals surface area contributed by atoms with Crippen molar-refractivity contribution < 1.29 is 9.59 Å². The lowest BCUT2D eigenvalue weighted by Crippen LogP contribution is -2.44. The van der Waals surface area contributed by atoms with Crippen LogP contribution in [0.15, 0.2) is 45.4 Å². The number of carbonyl (C=O) groups is 2. The number of hydrogen-bond donors (Lipinski definition) is 2. The highest BCUT2D eigenvalue weighted by atomic mass is 32.1. The lowest BCUT2D eigenvalue weighted by molar-refractivity contribution is -0.134. The van der Waals surface area contributed by atoms with E-state index in [0.717, 1.165) is 6.42 Å². The first kappa shape index (κ1) is 20.0. The highest BCUT2D eigenvalue weighted by molar-refractivity contribution is 7.13. The normalized spacial score (nSPS) is 16.5. The average molecular weight is 427 g/mol. The number of para-hydroxylation sites is 1. The van der Waals surface area contributed by atoms with E-state index in [1.54, 1.807) is 40.7 Å². The number of rotatable bonds is 5. The van der Waals surface area contributed by atoms with Crippen LogP contribution >= 0.6 is 11.3 Å². The van der Waals surface area contributed by atoms with Crippen LogP contribution in [0.4, 0.5) is 5.13 Å². The number of thiazole rings is 1. The summed E-state index contributed by atoms with van der Waals surface area (Å²) in [4.78, 5) is 57.5. The third-order valence-corrected chi connectivity index (χ3v) is 5.95. The number of piperidine rings is 1. The monoisotopic (exact) mass is 427 g/mol. The van der Waals surface area contributed by atoms with Crippen LogP contribution in [0.25, 0.3) is 10.9 Å². The Hall–Kier alpha value is -3.27. The van der Waals surface area contributed by atoms with Crippen molar-refractivity contribution in [2.24, 2.45) is 5.92 Å². The van der Waals surface area contributed by atoms with Crippen molar-refractivity contribution in [3.8, 4) is 0 Å². The van der Waals surface area contributed by atoms with Crippen molar-refractivity contribution in [3.05, 3.63) is 56.7 Å². The molecule has 0 saturated carbocycles. The first-order chi connectivity index (χ1) is 14.5. The number of likely N-dealkylation sites (tertiary alicyclic amines) is 1. The van der Waals surface area contributed by atoms with Gasteiger partial charge in [-0.15, -0.1) is 11.3 Å². The number of benzene rings is 1. The van der Waals surface area contributed by atoms with Gasteiger partial charge in [0.15, 0.2) is 5.13 Å². The largest absolute Gasteiger partial charge is 0.342 e. The lowest BCUT2D eigenvalue weighted by atomic mass is 9.97. The van der Waals surface area contributed by atoms with E-state index in [-0.39, 0.29) is 30.7 Å². The summed E-state index contributed by atoms with van der Waals surface area (Å²) < 4.78 is 1.41. The second kappa shape index (κ2) is 8.62. The van der Waals surface area contributed by atoms with Crippen molar-refractivity contribution in [3.63, 3.8) is 0 Å². The number of aryl methyl sites for hydroxylation is 1. The molecule has 1 atom stereocenters. The van der Waals surface area contributed by atoms with Crippen LogP contribution in [0.2, 0.25) is 0 Å². The second-order valence-corrected chi connectivity index (χ2v) is 8.08. The van der Waals surface area contributed by atoms with E-state index >= 15 is 0 Å². The van der Waals surface area contributed by atoms with E-state index in [1.165, 1.54) is 15.9 Å². The fourth-order valence-corrected chi connectivity index (χ4v) is 4.27. The number of fused-ring (bicyclic) bond motifs is 1. The number of amides is 2. The number of aromatic nitrogens is 3. The summed E-state index contributed by atoms with van der Waals surface area (Å²) in [5.41, 5.74) is -0.479. The molecule has 2 aromatic heterocycles. The molecule has 156 valence electrons. The number of aromatic amines is 1. The summed E-state index contributed by atoms with van der Waals surface area (Å²) in [6.45, 7) is 1.08. The van der Waals surface area contributed by atoms with E-state index in [0.29, 0.717) is 35.5 Å². The number of carbonyl (C=O) groups excluding carboxylic acids is 2. The molecule has 2 amide bonds. The van der Waals surface area contributed by atoms with E-state index in [1.807, 2.05) is 0 Å². The molecule has 1 aliphatic rings. The first-order valence-electron chi connectivity index (χ1n) is 9.73. The van der Waals surface area contributed by atoms with Crippen LogP contribution in [0.1, 0.15) is 19.3 Å². The third kappa shape index (κ3) is 4.18. The van der Waals surface area contributed by atoms with Gasteiger partial charge in [-0.1, -0.05) is 12.1 Å². The van der Waals surface area contributed by atoms with Gasteiger partial charge in [0.1, 0.15) is 0 Å². The summed E-state index contributed by atoms with van der Waals surface area (Å²) >= 11 is 1.35. The SMILES string of the molecule is O=C(Nc1nccs1)C1CCCN(C(=O)CCn2c(=O)[nH]c(=O)c3ccccc32)C1. The predicted molar refractivity (Wildman–Crippen MR) is 113 cm³/mol. The molecule has 3 heterocycles. The number of H-pyrrole nitrogens is 1. The Morgan fingerprint density at radius 2 is 2.10 bits per heavy atom. The van der Waals surface area contributed by atoms with E-state index in [4.69, 9.17) is 0 Å². The van der Waals surface area contributed by atoms with Gasteiger partial charge in [-0.3, -0.25) is 23.9 Å². The maximum atomic E-state index is 12.8. The Balaban J connectivity index is 1.42. The van der Waals surface area contributed by atoms with E-state index in [9.17, 15) is 19.2 Å². The van der Waals surface area contributed by atoms with Gasteiger partial charge >= 0.3 is 5.69 Å². The molecule has 0 bridgehead atoms. The second-order valence-electron chi connectivity index (χ2n) is 7.18. The molecule has 1 unspecified atom stereocenters. The highest BCUT2D eigenvalue weighted by Crippen LogP contribution is 2.20. The molecule has 2 N–H and O–H groups in total. The van der Waals surface area contributed by atoms with E-state index < -0.39 is 11.2 Å². The minimum absolute atomic E-state index is 0.108. The van der Waals surface area contributed by atoms with E-state index in [2.05, 4.69) is 15.3 Å². The predicted octanol–water partition coefficient (Wildman–Crippen LogP) is 1.41. The molecule has 1 saturated heterocycles. The lowest BCUT2D eigenvalue weighted by Gasteiger charge is -2.32. The van der Waals surface area contributed by atoms with Gasteiger partial charge in [0.25, 0.3) is 5.56 Å². The zero-order valence-corrected chi connectivity index (χ0v) is 17.0. The van der Waals surface area contributed by atoms with Gasteiger partial charge in [0.2, 0.25) is 11.8 Å². The summed E-state index contributed by atoms with van der Waals surface area (Å²) in [6.07, 6.45) is 3.18. The maximum Gasteiger partial charge on any atom is 0.328 e. The molecular weight excluding hydrogens is 406 g/mol.